The van der Waals surface area contributed by atoms with Crippen molar-refractivity contribution >= 4 is 17.7 Å². The largest absolute Gasteiger partial charge is 0.303 e. The SMILES string of the molecule is CC(C)(C)S/N=C1\CCC12CCN(CCc1ccccc1)CC2. The maximum absolute atomic E-state index is 4.91. The average molecular weight is 331 g/mol. The molecule has 0 radical (unpaired) electrons. The van der Waals surface area contributed by atoms with E-state index in [0.29, 0.717) is 5.41 Å². The normalized spacial score (nSPS) is 23.2. The zero-order chi connectivity index (χ0) is 16.3. The minimum absolute atomic E-state index is 0.236. The maximum Gasteiger partial charge on any atom is 0.0325 e. The molecule has 0 N–H and O–H groups in total. The van der Waals surface area contributed by atoms with Gasteiger partial charge in [-0.3, -0.25) is 0 Å². The zero-order valence-corrected chi connectivity index (χ0v) is 15.7. The summed E-state index contributed by atoms with van der Waals surface area (Å²) < 4.78 is 5.15. The Morgan fingerprint density at radius 3 is 2.35 bits per heavy atom. The van der Waals surface area contributed by atoms with Crippen LogP contribution in [0.5, 0.6) is 0 Å². The minimum atomic E-state index is 0.236. The van der Waals surface area contributed by atoms with E-state index in [0.717, 1.165) is 0 Å². The highest BCUT2D eigenvalue weighted by Crippen LogP contribution is 2.48. The molecule has 2 nitrogen and oxygen atoms in total. The molecule has 2 aliphatic rings. The van der Waals surface area contributed by atoms with Gasteiger partial charge in [0, 0.05) is 22.4 Å². The van der Waals surface area contributed by atoms with E-state index < -0.39 is 0 Å². The molecular formula is C20H30N2S. The Morgan fingerprint density at radius 2 is 1.78 bits per heavy atom. The van der Waals surface area contributed by atoms with E-state index >= 15 is 0 Å². The topological polar surface area (TPSA) is 15.6 Å². The summed E-state index contributed by atoms with van der Waals surface area (Å²) >= 11 is 1.77. The Morgan fingerprint density at radius 1 is 1.09 bits per heavy atom. The van der Waals surface area contributed by atoms with Gasteiger partial charge in [0.15, 0.2) is 0 Å². The second kappa shape index (κ2) is 6.98. The van der Waals surface area contributed by atoms with Gasteiger partial charge in [0.05, 0.1) is 0 Å². The highest BCUT2D eigenvalue weighted by Gasteiger charge is 2.45. The molecule has 1 heterocycles. The molecule has 0 bridgehead atoms. The van der Waals surface area contributed by atoms with Crippen molar-refractivity contribution in [3.63, 3.8) is 0 Å². The van der Waals surface area contributed by atoms with Crippen molar-refractivity contribution in [2.75, 3.05) is 19.6 Å². The maximum atomic E-state index is 4.91. The highest BCUT2D eigenvalue weighted by atomic mass is 32.2. The van der Waals surface area contributed by atoms with Gasteiger partial charge in [-0.05, 0) is 83.5 Å². The molecule has 1 saturated heterocycles. The molecule has 0 aromatic heterocycles. The lowest BCUT2D eigenvalue weighted by atomic mass is 9.61. The average Bonchev–Trinajstić information content (AvgIpc) is 2.52. The van der Waals surface area contributed by atoms with Crippen molar-refractivity contribution in [2.24, 2.45) is 9.81 Å². The van der Waals surface area contributed by atoms with Crippen LogP contribution in [-0.4, -0.2) is 35.0 Å². The van der Waals surface area contributed by atoms with Gasteiger partial charge in [-0.25, -0.2) is 4.40 Å². The lowest BCUT2D eigenvalue weighted by molar-refractivity contribution is 0.129. The van der Waals surface area contributed by atoms with Crippen LogP contribution >= 0.6 is 11.9 Å². The molecule has 1 aromatic rings. The molecule has 3 rings (SSSR count). The van der Waals surface area contributed by atoms with E-state index in [-0.39, 0.29) is 4.75 Å². The van der Waals surface area contributed by atoms with Gasteiger partial charge >= 0.3 is 0 Å². The van der Waals surface area contributed by atoms with Crippen LogP contribution in [0.2, 0.25) is 0 Å². The summed E-state index contributed by atoms with van der Waals surface area (Å²) in [6.07, 6.45) is 6.39. The van der Waals surface area contributed by atoms with E-state index in [1.165, 1.54) is 63.0 Å². The fourth-order valence-electron chi connectivity index (χ4n) is 3.60. The second-order valence-corrected chi connectivity index (χ2v) is 9.69. The molecular weight excluding hydrogens is 300 g/mol. The van der Waals surface area contributed by atoms with Crippen LogP contribution in [0, 0.1) is 5.41 Å². The summed E-state index contributed by atoms with van der Waals surface area (Å²) in [5.74, 6) is 0. The highest BCUT2D eigenvalue weighted by molar-refractivity contribution is 7.99. The van der Waals surface area contributed by atoms with Gasteiger partial charge in [-0.1, -0.05) is 30.3 Å². The van der Waals surface area contributed by atoms with E-state index in [9.17, 15) is 0 Å². The van der Waals surface area contributed by atoms with E-state index in [2.05, 4.69) is 56.0 Å². The summed E-state index contributed by atoms with van der Waals surface area (Å²) in [6, 6.07) is 10.9. The third-order valence-corrected chi connectivity index (χ3v) is 6.11. The molecule has 0 amide bonds. The Labute approximate surface area is 145 Å². The third-order valence-electron chi connectivity index (χ3n) is 5.25. The Balaban J connectivity index is 1.48. The molecule has 1 aliphatic heterocycles. The first-order chi connectivity index (χ1) is 11.0. The van der Waals surface area contributed by atoms with E-state index in [1.54, 1.807) is 11.9 Å². The van der Waals surface area contributed by atoms with Gasteiger partial charge in [-0.2, -0.15) is 0 Å². The molecule has 1 aromatic carbocycles. The van der Waals surface area contributed by atoms with Crippen LogP contribution in [0.4, 0.5) is 0 Å². The zero-order valence-electron chi connectivity index (χ0n) is 14.8. The van der Waals surface area contributed by atoms with Gasteiger partial charge < -0.3 is 4.90 Å². The number of hydrogen-bond acceptors (Lipinski definition) is 3. The predicted octanol–water partition coefficient (Wildman–Crippen LogP) is 4.99. The van der Waals surface area contributed by atoms with Crippen molar-refractivity contribution in [3.8, 4) is 0 Å². The number of piperidine rings is 1. The second-order valence-electron chi connectivity index (χ2n) is 8.10. The fourth-order valence-corrected chi connectivity index (χ4v) is 4.27. The van der Waals surface area contributed by atoms with Crippen molar-refractivity contribution in [3.05, 3.63) is 35.9 Å². The molecule has 2 fully saturated rings. The van der Waals surface area contributed by atoms with Crippen LogP contribution < -0.4 is 0 Å². The summed E-state index contributed by atoms with van der Waals surface area (Å²) in [4.78, 5) is 2.64. The molecule has 1 saturated carbocycles. The van der Waals surface area contributed by atoms with Crippen molar-refractivity contribution in [1.29, 1.82) is 0 Å². The van der Waals surface area contributed by atoms with Gasteiger partial charge in [0.2, 0.25) is 0 Å². The first-order valence-corrected chi connectivity index (χ1v) is 9.76. The van der Waals surface area contributed by atoms with E-state index in [4.69, 9.17) is 4.40 Å². The van der Waals surface area contributed by atoms with Gasteiger partial charge in [-0.15, -0.1) is 0 Å². The standard InChI is InChI=1S/C20H30N2S/c1-19(2,3)23-21-18-9-11-20(18)12-15-22(16-13-20)14-10-17-7-5-4-6-8-17/h4-8H,9-16H2,1-3H3/b21-18+. The number of benzene rings is 1. The van der Waals surface area contributed by atoms with Crippen molar-refractivity contribution < 1.29 is 0 Å². The molecule has 1 spiro atoms. The summed E-state index contributed by atoms with van der Waals surface area (Å²) in [5.41, 5.74) is 3.42. The Hall–Kier alpha value is -0.800. The first kappa shape index (κ1) is 17.0. The van der Waals surface area contributed by atoms with Gasteiger partial charge in [0.1, 0.15) is 0 Å². The van der Waals surface area contributed by atoms with Crippen LogP contribution in [-0.2, 0) is 6.42 Å². The molecule has 0 atom stereocenters. The molecule has 1 aliphatic carbocycles. The molecule has 0 unspecified atom stereocenters. The number of hydrogen-bond donors (Lipinski definition) is 0. The van der Waals surface area contributed by atoms with Crippen molar-refractivity contribution in [1.82, 2.24) is 4.90 Å². The first-order valence-electron chi connectivity index (χ1n) is 8.99. The minimum Gasteiger partial charge on any atom is -0.303 e. The molecule has 126 valence electrons. The van der Waals surface area contributed by atoms with Crippen LogP contribution in [0.25, 0.3) is 0 Å². The lowest BCUT2D eigenvalue weighted by Crippen LogP contribution is -2.50. The quantitative estimate of drug-likeness (QED) is 0.723. The lowest BCUT2D eigenvalue weighted by Gasteiger charge is -2.49. The number of likely N-dealkylation sites (tertiary alicyclic amines) is 1. The van der Waals surface area contributed by atoms with Crippen molar-refractivity contribution in [2.45, 2.75) is 57.6 Å². The molecule has 3 heteroatoms. The summed E-state index contributed by atoms with van der Waals surface area (Å²) in [6.45, 7) is 10.4. The third kappa shape index (κ3) is 4.39. The smallest absolute Gasteiger partial charge is 0.0325 e. The Kier molecular flexibility index (Phi) is 5.17. The number of nitrogens with zero attached hydrogens (tertiary/aromatic N) is 2. The summed E-state index contributed by atoms with van der Waals surface area (Å²) in [5, 5.41) is 0. The fraction of sp³-hybridized carbons (Fsp3) is 0.650. The van der Waals surface area contributed by atoms with E-state index in [1.807, 2.05) is 0 Å². The molecule has 23 heavy (non-hydrogen) atoms. The monoisotopic (exact) mass is 330 g/mol. The van der Waals surface area contributed by atoms with Crippen LogP contribution in [0.15, 0.2) is 34.7 Å². The predicted molar refractivity (Wildman–Crippen MR) is 102 cm³/mol. The number of rotatable bonds is 4. The van der Waals surface area contributed by atoms with Crippen LogP contribution in [0.3, 0.4) is 0 Å². The van der Waals surface area contributed by atoms with Crippen LogP contribution in [0.1, 0.15) is 52.0 Å². The van der Waals surface area contributed by atoms with Gasteiger partial charge in [0.25, 0.3) is 0 Å². The summed E-state index contributed by atoms with van der Waals surface area (Å²) in [7, 11) is 0. The Bertz CT molecular complexity index is 537.